The predicted octanol–water partition coefficient (Wildman–Crippen LogP) is 2.67. The van der Waals surface area contributed by atoms with E-state index in [2.05, 4.69) is 5.32 Å². The summed E-state index contributed by atoms with van der Waals surface area (Å²) in [4.78, 5) is 0. The van der Waals surface area contributed by atoms with Gasteiger partial charge < -0.3 is 14.8 Å². The Morgan fingerprint density at radius 3 is 2.89 bits per heavy atom. The molecular weight excluding hydrogens is 245 g/mol. The van der Waals surface area contributed by atoms with E-state index in [0.717, 1.165) is 18.5 Å². The van der Waals surface area contributed by atoms with Crippen molar-refractivity contribution in [2.45, 2.75) is 31.4 Å². The molecule has 1 aliphatic carbocycles. The molecule has 0 heterocycles. The molecule has 1 saturated carbocycles. The van der Waals surface area contributed by atoms with Crippen LogP contribution in [0.1, 0.15) is 30.9 Å². The van der Waals surface area contributed by atoms with Gasteiger partial charge in [0.1, 0.15) is 5.82 Å². The maximum Gasteiger partial charge on any atom is 0.123 e. The molecule has 3 nitrogen and oxygen atoms in total. The van der Waals surface area contributed by atoms with Crippen molar-refractivity contribution in [3.8, 4) is 0 Å². The zero-order valence-corrected chi connectivity index (χ0v) is 11.4. The summed E-state index contributed by atoms with van der Waals surface area (Å²) in [6.45, 7) is 2.05. The van der Waals surface area contributed by atoms with E-state index in [9.17, 15) is 4.39 Å². The third kappa shape index (κ3) is 5.27. The van der Waals surface area contributed by atoms with Crippen LogP contribution < -0.4 is 5.32 Å². The third-order valence-electron chi connectivity index (χ3n) is 3.20. The normalized spacial score (nSPS) is 16.5. The highest BCUT2D eigenvalue weighted by atomic mass is 19.1. The Kier molecular flexibility index (Phi) is 5.76. The van der Waals surface area contributed by atoms with Crippen LogP contribution in [0, 0.1) is 5.82 Å². The highest BCUT2D eigenvalue weighted by Gasteiger charge is 2.22. The molecule has 2 rings (SSSR count). The fourth-order valence-electron chi connectivity index (χ4n) is 1.97. The molecule has 1 fully saturated rings. The smallest absolute Gasteiger partial charge is 0.123 e. The number of hydrogen-bond acceptors (Lipinski definition) is 3. The molecule has 1 aliphatic rings. The van der Waals surface area contributed by atoms with Gasteiger partial charge in [0.05, 0.1) is 6.10 Å². The Morgan fingerprint density at radius 1 is 1.37 bits per heavy atom. The third-order valence-corrected chi connectivity index (χ3v) is 3.20. The number of halogens is 1. The molecule has 1 unspecified atom stereocenters. The topological polar surface area (TPSA) is 30.5 Å². The van der Waals surface area contributed by atoms with Crippen molar-refractivity contribution in [1.82, 2.24) is 5.32 Å². The molecule has 1 atom stereocenters. The van der Waals surface area contributed by atoms with Gasteiger partial charge in [0.25, 0.3) is 0 Å². The van der Waals surface area contributed by atoms with Crippen LogP contribution in [0.5, 0.6) is 0 Å². The van der Waals surface area contributed by atoms with Gasteiger partial charge in [0, 0.05) is 32.9 Å². The van der Waals surface area contributed by atoms with Crippen LogP contribution in [0.15, 0.2) is 24.3 Å². The van der Waals surface area contributed by atoms with E-state index in [4.69, 9.17) is 9.47 Å². The highest BCUT2D eigenvalue weighted by Crippen LogP contribution is 2.22. The van der Waals surface area contributed by atoms with Gasteiger partial charge in [0.2, 0.25) is 0 Å². The quantitative estimate of drug-likeness (QED) is 0.698. The van der Waals surface area contributed by atoms with Gasteiger partial charge in [0.15, 0.2) is 0 Å². The summed E-state index contributed by atoms with van der Waals surface area (Å²) < 4.78 is 24.1. The minimum absolute atomic E-state index is 0.0897. The summed E-state index contributed by atoms with van der Waals surface area (Å²) in [6.07, 6.45) is 3.23. The molecule has 0 bridgehead atoms. The average Bonchev–Trinajstić information content (AvgIpc) is 3.22. The van der Waals surface area contributed by atoms with E-state index >= 15 is 0 Å². The lowest BCUT2D eigenvalue weighted by Gasteiger charge is -2.19. The van der Waals surface area contributed by atoms with Crippen molar-refractivity contribution in [3.05, 3.63) is 35.6 Å². The van der Waals surface area contributed by atoms with E-state index in [0.29, 0.717) is 19.3 Å². The molecule has 0 radical (unpaired) electrons. The second kappa shape index (κ2) is 7.58. The second-order valence-electron chi connectivity index (χ2n) is 4.94. The van der Waals surface area contributed by atoms with E-state index in [1.807, 2.05) is 6.07 Å². The summed E-state index contributed by atoms with van der Waals surface area (Å²) >= 11 is 0. The van der Waals surface area contributed by atoms with Crippen LogP contribution >= 0.6 is 0 Å². The van der Waals surface area contributed by atoms with Crippen molar-refractivity contribution < 1.29 is 13.9 Å². The monoisotopic (exact) mass is 267 g/mol. The lowest BCUT2D eigenvalue weighted by molar-refractivity contribution is 0.0384. The van der Waals surface area contributed by atoms with Crippen molar-refractivity contribution >= 4 is 0 Å². The van der Waals surface area contributed by atoms with Crippen LogP contribution in [0.4, 0.5) is 4.39 Å². The fraction of sp³-hybridized carbons (Fsp3) is 0.600. The average molecular weight is 267 g/mol. The van der Waals surface area contributed by atoms with E-state index < -0.39 is 0 Å². The molecule has 1 N–H and O–H groups in total. The van der Waals surface area contributed by atoms with Crippen molar-refractivity contribution in [1.29, 1.82) is 0 Å². The Morgan fingerprint density at radius 2 is 2.21 bits per heavy atom. The lowest BCUT2D eigenvalue weighted by atomic mass is 10.1. The Balaban J connectivity index is 1.87. The molecule has 1 aromatic rings. The maximum absolute atomic E-state index is 13.3. The number of ether oxygens (including phenoxy) is 2. The van der Waals surface area contributed by atoms with E-state index in [1.165, 1.54) is 18.9 Å². The second-order valence-corrected chi connectivity index (χ2v) is 4.94. The van der Waals surface area contributed by atoms with Crippen LogP contribution in [0.2, 0.25) is 0 Å². The van der Waals surface area contributed by atoms with Crippen LogP contribution in [0.3, 0.4) is 0 Å². The minimum Gasteiger partial charge on any atom is -0.385 e. The molecule has 0 aliphatic heterocycles. The Hall–Kier alpha value is -0.970. The Bertz CT molecular complexity index is 382. The number of hydrogen-bond donors (Lipinski definition) is 1. The number of benzene rings is 1. The molecule has 19 heavy (non-hydrogen) atoms. The Labute approximate surface area is 114 Å². The molecule has 106 valence electrons. The van der Waals surface area contributed by atoms with Crippen LogP contribution in [-0.2, 0) is 9.47 Å². The van der Waals surface area contributed by atoms with Gasteiger partial charge in [-0.05, 0) is 37.0 Å². The van der Waals surface area contributed by atoms with Gasteiger partial charge in [-0.2, -0.15) is 0 Å². The zero-order chi connectivity index (χ0) is 13.5. The summed E-state index contributed by atoms with van der Waals surface area (Å²) in [7, 11) is 1.68. The van der Waals surface area contributed by atoms with Crippen LogP contribution in [0.25, 0.3) is 0 Å². The standard InChI is InChI=1S/C15H22FNO2/c1-18-8-3-9-19-15(11-17-14-6-7-14)12-4-2-5-13(16)10-12/h2,4-5,10,14-15,17H,3,6-9,11H2,1H3. The van der Waals surface area contributed by atoms with E-state index in [-0.39, 0.29) is 11.9 Å². The summed E-state index contributed by atoms with van der Waals surface area (Å²) in [5, 5.41) is 3.44. The summed E-state index contributed by atoms with van der Waals surface area (Å²) in [6, 6.07) is 7.28. The lowest BCUT2D eigenvalue weighted by Crippen LogP contribution is -2.25. The first-order valence-electron chi connectivity index (χ1n) is 6.89. The maximum atomic E-state index is 13.3. The predicted molar refractivity (Wildman–Crippen MR) is 72.6 cm³/mol. The fourth-order valence-corrected chi connectivity index (χ4v) is 1.97. The summed E-state index contributed by atoms with van der Waals surface area (Å²) in [5.74, 6) is -0.214. The molecule has 0 amide bonds. The van der Waals surface area contributed by atoms with Crippen molar-refractivity contribution in [3.63, 3.8) is 0 Å². The number of methoxy groups -OCH3 is 1. The van der Waals surface area contributed by atoms with E-state index in [1.54, 1.807) is 19.2 Å². The molecule has 4 heteroatoms. The number of rotatable bonds is 9. The van der Waals surface area contributed by atoms with Crippen molar-refractivity contribution in [2.24, 2.45) is 0 Å². The molecule has 1 aromatic carbocycles. The first-order chi connectivity index (χ1) is 9.29. The number of nitrogens with one attached hydrogen (secondary N) is 1. The molecule has 0 spiro atoms. The van der Waals surface area contributed by atoms with Gasteiger partial charge >= 0.3 is 0 Å². The van der Waals surface area contributed by atoms with Gasteiger partial charge in [-0.15, -0.1) is 0 Å². The van der Waals surface area contributed by atoms with Crippen LogP contribution in [-0.4, -0.2) is 32.9 Å². The summed E-state index contributed by atoms with van der Waals surface area (Å²) in [5.41, 5.74) is 0.894. The van der Waals surface area contributed by atoms with Gasteiger partial charge in [-0.1, -0.05) is 12.1 Å². The van der Waals surface area contributed by atoms with Crippen molar-refractivity contribution in [2.75, 3.05) is 26.9 Å². The molecule has 0 saturated heterocycles. The molecular formula is C15H22FNO2. The zero-order valence-electron chi connectivity index (χ0n) is 11.4. The van der Waals surface area contributed by atoms with Gasteiger partial charge in [-0.25, -0.2) is 4.39 Å². The highest BCUT2D eigenvalue weighted by molar-refractivity contribution is 5.19. The molecule has 0 aromatic heterocycles. The van der Waals surface area contributed by atoms with Gasteiger partial charge in [-0.3, -0.25) is 0 Å². The minimum atomic E-state index is -0.214. The first-order valence-corrected chi connectivity index (χ1v) is 6.89. The largest absolute Gasteiger partial charge is 0.385 e. The SMILES string of the molecule is COCCCOC(CNC1CC1)c1cccc(F)c1. The first kappa shape index (κ1) is 14.4.